The minimum Gasteiger partial charge on any atom is -0.390 e. The van der Waals surface area contributed by atoms with Crippen LogP contribution in [0.15, 0.2) is 48.8 Å². The van der Waals surface area contributed by atoms with Gasteiger partial charge in [-0.1, -0.05) is 18.2 Å². The molecule has 0 unspecified atom stereocenters. The fourth-order valence-electron chi connectivity index (χ4n) is 3.45. The van der Waals surface area contributed by atoms with E-state index in [2.05, 4.69) is 4.98 Å². The number of amides is 1. The van der Waals surface area contributed by atoms with Gasteiger partial charge in [0.1, 0.15) is 0 Å². The Labute approximate surface area is 167 Å². The molecular formula is C23H30N2O3. The molecule has 2 aromatic rings. The number of ether oxygens (including phenoxy) is 1. The van der Waals surface area contributed by atoms with Crippen molar-refractivity contribution in [1.82, 2.24) is 9.88 Å². The number of hydrogen-bond acceptors (Lipinski definition) is 4. The van der Waals surface area contributed by atoms with E-state index in [4.69, 9.17) is 4.74 Å². The van der Waals surface area contributed by atoms with Crippen molar-refractivity contribution in [3.8, 4) is 0 Å². The van der Waals surface area contributed by atoms with Crippen LogP contribution in [-0.4, -0.2) is 45.7 Å². The Morgan fingerprint density at radius 2 is 2.11 bits per heavy atom. The van der Waals surface area contributed by atoms with E-state index in [-0.39, 0.29) is 12.0 Å². The zero-order valence-electron chi connectivity index (χ0n) is 16.8. The van der Waals surface area contributed by atoms with Gasteiger partial charge in [0.2, 0.25) is 0 Å². The monoisotopic (exact) mass is 382 g/mol. The van der Waals surface area contributed by atoms with Gasteiger partial charge in [0.15, 0.2) is 0 Å². The molecule has 1 amide bonds. The second-order valence-corrected chi connectivity index (χ2v) is 8.20. The van der Waals surface area contributed by atoms with Gasteiger partial charge in [-0.15, -0.1) is 0 Å². The van der Waals surface area contributed by atoms with E-state index < -0.39 is 5.60 Å². The summed E-state index contributed by atoms with van der Waals surface area (Å²) >= 11 is 0. The van der Waals surface area contributed by atoms with Crippen LogP contribution in [0, 0.1) is 0 Å². The van der Waals surface area contributed by atoms with Crippen LogP contribution >= 0.6 is 0 Å². The molecule has 1 aliphatic heterocycles. The summed E-state index contributed by atoms with van der Waals surface area (Å²) in [6.07, 6.45) is 6.94. The first-order valence-corrected chi connectivity index (χ1v) is 10.0. The molecule has 5 heteroatoms. The number of aliphatic hydroxyl groups is 1. The number of nitrogens with zero attached hydrogens (tertiary/aromatic N) is 2. The molecule has 1 aliphatic rings. The van der Waals surface area contributed by atoms with Gasteiger partial charge in [-0.2, -0.15) is 0 Å². The Morgan fingerprint density at radius 3 is 2.86 bits per heavy atom. The summed E-state index contributed by atoms with van der Waals surface area (Å²) in [5.41, 5.74) is 2.13. The standard InChI is InChI=1S/C23H30N2O3/c1-23(2,27)11-10-18-6-3-8-20(14-18)22(26)25-13-5-9-21(16-25)28-17-19-7-4-12-24-15-19/h3-4,6-8,12,14-15,21,27H,5,9-11,13,16-17H2,1-2H3/t21-/m1/s1. The molecule has 0 radical (unpaired) electrons. The van der Waals surface area contributed by atoms with Gasteiger partial charge >= 0.3 is 0 Å². The second kappa shape index (κ2) is 9.30. The minimum atomic E-state index is -0.703. The second-order valence-electron chi connectivity index (χ2n) is 8.20. The van der Waals surface area contributed by atoms with E-state index >= 15 is 0 Å². The summed E-state index contributed by atoms with van der Waals surface area (Å²) in [6, 6.07) is 11.7. The molecule has 1 N–H and O–H groups in total. The van der Waals surface area contributed by atoms with Crippen LogP contribution in [0.1, 0.15) is 54.6 Å². The summed E-state index contributed by atoms with van der Waals surface area (Å²) in [5.74, 6) is 0.0554. The number of hydrogen-bond donors (Lipinski definition) is 1. The molecule has 1 saturated heterocycles. The number of likely N-dealkylation sites (tertiary alicyclic amines) is 1. The SMILES string of the molecule is CC(C)(O)CCc1cccc(C(=O)N2CCC[C@@H](OCc3cccnc3)C2)c1. The van der Waals surface area contributed by atoms with Crippen molar-refractivity contribution in [2.24, 2.45) is 0 Å². The van der Waals surface area contributed by atoms with Crippen molar-refractivity contribution in [1.29, 1.82) is 0 Å². The van der Waals surface area contributed by atoms with E-state index in [0.717, 1.165) is 36.9 Å². The Balaban J connectivity index is 1.57. The number of carbonyl (C=O) groups excluding carboxylic acids is 1. The molecule has 1 atom stereocenters. The Bertz CT molecular complexity index is 771. The molecule has 1 aromatic heterocycles. The van der Waals surface area contributed by atoms with Gasteiger partial charge in [-0.3, -0.25) is 9.78 Å². The van der Waals surface area contributed by atoms with Crippen molar-refractivity contribution in [2.45, 2.75) is 57.8 Å². The third kappa shape index (κ3) is 6.14. The van der Waals surface area contributed by atoms with Crippen LogP contribution in [-0.2, 0) is 17.8 Å². The van der Waals surface area contributed by atoms with Crippen LogP contribution in [0.2, 0.25) is 0 Å². The molecule has 1 fully saturated rings. The predicted octanol–water partition coefficient (Wildman–Crippen LogP) is 3.61. The Hall–Kier alpha value is -2.24. The maximum absolute atomic E-state index is 13.0. The molecular weight excluding hydrogens is 352 g/mol. The number of rotatable bonds is 7. The van der Waals surface area contributed by atoms with Crippen LogP contribution in [0.25, 0.3) is 0 Å². The van der Waals surface area contributed by atoms with Crippen molar-refractivity contribution >= 4 is 5.91 Å². The number of aromatic nitrogens is 1. The minimum absolute atomic E-state index is 0.0521. The van der Waals surface area contributed by atoms with Gasteiger partial charge < -0.3 is 14.7 Å². The van der Waals surface area contributed by atoms with Crippen molar-refractivity contribution in [2.75, 3.05) is 13.1 Å². The van der Waals surface area contributed by atoms with Gasteiger partial charge in [0.25, 0.3) is 5.91 Å². The van der Waals surface area contributed by atoms with E-state index in [1.54, 1.807) is 20.0 Å². The first-order chi connectivity index (χ1) is 13.4. The average Bonchev–Trinajstić information content (AvgIpc) is 2.71. The Morgan fingerprint density at radius 1 is 1.29 bits per heavy atom. The summed E-state index contributed by atoms with van der Waals surface area (Å²) < 4.78 is 6.02. The fourth-order valence-corrected chi connectivity index (χ4v) is 3.45. The lowest BCUT2D eigenvalue weighted by Gasteiger charge is -2.33. The number of pyridine rings is 1. The van der Waals surface area contributed by atoms with E-state index in [1.165, 1.54) is 0 Å². The molecule has 150 valence electrons. The summed E-state index contributed by atoms with van der Waals surface area (Å²) in [7, 11) is 0. The number of benzene rings is 1. The van der Waals surface area contributed by atoms with Gasteiger partial charge in [0.05, 0.1) is 18.3 Å². The lowest BCUT2D eigenvalue weighted by atomic mass is 9.97. The molecule has 3 rings (SSSR count). The maximum Gasteiger partial charge on any atom is 0.253 e. The van der Waals surface area contributed by atoms with E-state index in [1.807, 2.05) is 47.5 Å². The quantitative estimate of drug-likeness (QED) is 0.795. The highest BCUT2D eigenvalue weighted by atomic mass is 16.5. The number of piperidine rings is 1. The molecule has 0 spiro atoms. The zero-order valence-corrected chi connectivity index (χ0v) is 16.8. The summed E-state index contributed by atoms with van der Waals surface area (Å²) in [6.45, 7) is 5.52. The smallest absolute Gasteiger partial charge is 0.253 e. The molecule has 28 heavy (non-hydrogen) atoms. The third-order valence-corrected chi connectivity index (χ3v) is 5.07. The highest BCUT2D eigenvalue weighted by molar-refractivity contribution is 5.94. The first-order valence-electron chi connectivity index (χ1n) is 10.0. The molecule has 2 heterocycles. The topological polar surface area (TPSA) is 62.7 Å². The lowest BCUT2D eigenvalue weighted by molar-refractivity contribution is -0.00681. The van der Waals surface area contributed by atoms with E-state index in [9.17, 15) is 9.90 Å². The number of carbonyl (C=O) groups is 1. The molecule has 1 aromatic carbocycles. The largest absolute Gasteiger partial charge is 0.390 e. The van der Waals surface area contributed by atoms with E-state index in [0.29, 0.717) is 25.1 Å². The summed E-state index contributed by atoms with van der Waals surface area (Å²) in [5, 5.41) is 9.93. The molecule has 0 bridgehead atoms. The number of aryl methyl sites for hydroxylation is 1. The fraction of sp³-hybridized carbons (Fsp3) is 0.478. The molecule has 5 nitrogen and oxygen atoms in total. The first kappa shape index (κ1) is 20.5. The normalized spacial score (nSPS) is 17.5. The zero-order chi connectivity index (χ0) is 20.0. The van der Waals surface area contributed by atoms with Crippen LogP contribution in [0.3, 0.4) is 0 Å². The van der Waals surface area contributed by atoms with Gasteiger partial charge in [0, 0.05) is 31.0 Å². The molecule has 0 aliphatic carbocycles. The van der Waals surface area contributed by atoms with Crippen LogP contribution in [0.5, 0.6) is 0 Å². The van der Waals surface area contributed by atoms with Gasteiger partial charge in [-0.25, -0.2) is 0 Å². The Kier molecular flexibility index (Phi) is 6.81. The predicted molar refractivity (Wildman–Crippen MR) is 109 cm³/mol. The maximum atomic E-state index is 13.0. The highest BCUT2D eigenvalue weighted by Crippen LogP contribution is 2.19. The van der Waals surface area contributed by atoms with Crippen molar-refractivity contribution in [3.05, 3.63) is 65.5 Å². The van der Waals surface area contributed by atoms with Crippen LogP contribution in [0.4, 0.5) is 0 Å². The van der Waals surface area contributed by atoms with Gasteiger partial charge in [-0.05, 0) is 68.9 Å². The summed E-state index contributed by atoms with van der Waals surface area (Å²) in [4.78, 5) is 19.0. The molecule has 0 saturated carbocycles. The van der Waals surface area contributed by atoms with Crippen LogP contribution < -0.4 is 0 Å². The highest BCUT2D eigenvalue weighted by Gasteiger charge is 2.25. The van der Waals surface area contributed by atoms with Crippen molar-refractivity contribution < 1.29 is 14.6 Å². The average molecular weight is 383 g/mol. The third-order valence-electron chi connectivity index (χ3n) is 5.07. The lowest BCUT2D eigenvalue weighted by Crippen LogP contribution is -2.43. The van der Waals surface area contributed by atoms with Crippen molar-refractivity contribution in [3.63, 3.8) is 0 Å².